The number of anilines is 1. The van der Waals surface area contributed by atoms with Crippen LogP contribution in [0.1, 0.15) is 26.2 Å². The second-order valence-electron chi connectivity index (χ2n) is 3.14. The summed E-state index contributed by atoms with van der Waals surface area (Å²) in [5, 5.41) is 3.26. The maximum Gasteiger partial charge on any atom is 0.224 e. The minimum atomic E-state index is -0.0124. The number of hydrogen-bond donors (Lipinski definition) is 1. The summed E-state index contributed by atoms with van der Waals surface area (Å²) in [4.78, 5) is 15.4. The van der Waals surface area contributed by atoms with Crippen LogP contribution in [0.5, 0.6) is 0 Å². The van der Waals surface area contributed by atoms with Crippen molar-refractivity contribution in [1.82, 2.24) is 4.98 Å². The lowest BCUT2D eigenvalue weighted by Gasteiger charge is -2.06. The van der Waals surface area contributed by atoms with Crippen LogP contribution >= 0.6 is 27.5 Å². The average Bonchev–Trinajstić information content (AvgIpc) is 2.20. The predicted octanol–water partition coefficient (Wildman–Crippen LogP) is 3.63. The SMILES string of the molecule is CCCCC(=O)Nc1cc(Cl)cnc1Br. The van der Waals surface area contributed by atoms with Crippen LogP contribution < -0.4 is 5.32 Å². The topological polar surface area (TPSA) is 42.0 Å². The van der Waals surface area contributed by atoms with Gasteiger partial charge in [0.1, 0.15) is 4.60 Å². The number of unbranched alkanes of at least 4 members (excludes halogenated alkanes) is 1. The summed E-state index contributed by atoms with van der Waals surface area (Å²) in [6.07, 6.45) is 3.93. The van der Waals surface area contributed by atoms with E-state index in [0.717, 1.165) is 12.8 Å². The molecule has 3 nitrogen and oxygen atoms in total. The number of carbonyl (C=O) groups excluding carboxylic acids is 1. The van der Waals surface area contributed by atoms with Gasteiger partial charge in [0.2, 0.25) is 5.91 Å². The van der Waals surface area contributed by atoms with E-state index in [-0.39, 0.29) is 5.91 Å². The molecule has 1 rings (SSSR count). The molecule has 0 fully saturated rings. The van der Waals surface area contributed by atoms with Gasteiger partial charge in [0, 0.05) is 12.6 Å². The summed E-state index contributed by atoms with van der Waals surface area (Å²) < 4.78 is 0.594. The Bertz CT molecular complexity index is 357. The Morgan fingerprint density at radius 2 is 2.40 bits per heavy atom. The Morgan fingerprint density at radius 1 is 1.67 bits per heavy atom. The van der Waals surface area contributed by atoms with Gasteiger partial charge in [-0.1, -0.05) is 24.9 Å². The molecule has 1 aromatic rings. The monoisotopic (exact) mass is 290 g/mol. The predicted molar refractivity (Wildman–Crippen MR) is 65.1 cm³/mol. The van der Waals surface area contributed by atoms with Crippen LogP contribution in [0.25, 0.3) is 0 Å². The van der Waals surface area contributed by atoms with Crippen LogP contribution in [0.4, 0.5) is 5.69 Å². The summed E-state index contributed by atoms with van der Waals surface area (Å²) in [6.45, 7) is 2.05. The molecule has 1 aromatic heterocycles. The van der Waals surface area contributed by atoms with Crippen LogP contribution in [0.2, 0.25) is 5.02 Å². The molecule has 0 saturated carbocycles. The van der Waals surface area contributed by atoms with Gasteiger partial charge in [0.15, 0.2) is 0 Å². The fourth-order valence-electron chi connectivity index (χ4n) is 1.06. The van der Waals surface area contributed by atoms with Crippen molar-refractivity contribution in [2.45, 2.75) is 26.2 Å². The number of rotatable bonds is 4. The zero-order valence-corrected chi connectivity index (χ0v) is 10.7. The van der Waals surface area contributed by atoms with Crippen molar-refractivity contribution in [3.8, 4) is 0 Å². The van der Waals surface area contributed by atoms with E-state index in [4.69, 9.17) is 11.6 Å². The van der Waals surface area contributed by atoms with Gasteiger partial charge in [-0.15, -0.1) is 0 Å². The fraction of sp³-hybridized carbons (Fsp3) is 0.400. The number of amides is 1. The van der Waals surface area contributed by atoms with E-state index in [0.29, 0.717) is 21.7 Å². The molecule has 0 spiro atoms. The lowest BCUT2D eigenvalue weighted by atomic mass is 10.2. The molecule has 0 bridgehead atoms. The average molecular weight is 292 g/mol. The number of pyridine rings is 1. The Kier molecular flexibility index (Phi) is 5.05. The molecule has 0 saturated heterocycles. The van der Waals surface area contributed by atoms with Crippen molar-refractivity contribution >= 4 is 39.1 Å². The minimum Gasteiger partial charge on any atom is -0.324 e. The molecule has 0 aliphatic rings. The second kappa shape index (κ2) is 6.08. The van der Waals surface area contributed by atoms with Crippen LogP contribution in [0.15, 0.2) is 16.9 Å². The quantitative estimate of drug-likeness (QED) is 0.861. The second-order valence-corrected chi connectivity index (χ2v) is 4.33. The number of nitrogens with one attached hydrogen (secondary N) is 1. The van der Waals surface area contributed by atoms with E-state index < -0.39 is 0 Å². The van der Waals surface area contributed by atoms with Gasteiger partial charge in [0.25, 0.3) is 0 Å². The van der Waals surface area contributed by atoms with Crippen molar-refractivity contribution in [1.29, 1.82) is 0 Å². The Hall–Kier alpha value is -0.610. The normalized spacial score (nSPS) is 10.1. The highest BCUT2D eigenvalue weighted by molar-refractivity contribution is 9.10. The van der Waals surface area contributed by atoms with Gasteiger partial charge in [-0.05, 0) is 28.4 Å². The van der Waals surface area contributed by atoms with Gasteiger partial charge in [-0.25, -0.2) is 4.98 Å². The lowest BCUT2D eigenvalue weighted by molar-refractivity contribution is -0.116. The van der Waals surface area contributed by atoms with Gasteiger partial charge in [0.05, 0.1) is 10.7 Å². The fourth-order valence-corrected chi connectivity index (χ4v) is 1.53. The number of carbonyl (C=O) groups is 1. The van der Waals surface area contributed by atoms with E-state index in [1.54, 1.807) is 6.07 Å². The molecule has 0 aromatic carbocycles. The van der Waals surface area contributed by atoms with Gasteiger partial charge in [-0.2, -0.15) is 0 Å². The van der Waals surface area contributed by atoms with E-state index in [9.17, 15) is 4.79 Å². The van der Waals surface area contributed by atoms with Crippen molar-refractivity contribution in [3.05, 3.63) is 21.9 Å². The Balaban J connectivity index is 2.63. The lowest BCUT2D eigenvalue weighted by Crippen LogP contribution is -2.11. The molecule has 0 atom stereocenters. The van der Waals surface area contributed by atoms with E-state index in [2.05, 4.69) is 26.2 Å². The first-order valence-electron chi connectivity index (χ1n) is 4.74. The Morgan fingerprint density at radius 3 is 3.07 bits per heavy atom. The van der Waals surface area contributed by atoms with E-state index in [1.807, 2.05) is 6.92 Å². The molecule has 0 aliphatic carbocycles. The largest absolute Gasteiger partial charge is 0.324 e. The molecular formula is C10H12BrClN2O. The van der Waals surface area contributed by atoms with Crippen molar-refractivity contribution in [3.63, 3.8) is 0 Å². The highest BCUT2D eigenvalue weighted by atomic mass is 79.9. The highest BCUT2D eigenvalue weighted by Gasteiger charge is 2.06. The van der Waals surface area contributed by atoms with Crippen molar-refractivity contribution in [2.75, 3.05) is 5.32 Å². The molecule has 5 heteroatoms. The van der Waals surface area contributed by atoms with E-state index in [1.165, 1.54) is 6.20 Å². The molecule has 15 heavy (non-hydrogen) atoms. The van der Waals surface area contributed by atoms with Crippen LogP contribution in [-0.2, 0) is 4.79 Å². The number of aromatic nitrogens is 1. The third kappa shape index (κ3) is 4.18. The molecule has 1 heterocycles. The maximum absolute atomic E-state index is 11.4. The summed E-state index contributed by atoms with van der Waals surface area (Å²) in [5.41, 5.74) is 0.614. The van der Waals surface area contributed by atoms with E-state index >= 15 is 0 Å². The zero-order valence-electron chi connectivity index (χ0n) is 8.39. The van der Waals surface area contributed by atoms with Gasteiger partial charge in [-0.3, -0.25) is 4.79 Å². The molecule has 0 radical (unpaired) electrons. The Labute approximate surface area is 102 Å². The molecule has 1 amide bonds. The standard InChI is InChI=1S/C10H12BrClN2O/c1-2-3-4-9(15)14-8-5-7(12)6-13-10(8)11/h5-6H,2-4H2,1H3,(H,14,15). The molecule has 0 unspecified atom stereocenters. The number of hydrogen-bond acceptors (Lipinski definition) is 2. The minimum absolute atomic E-state index is 0.0124. The first kappa shape index (κ1) is 12.5. The first-order valence-corrected chi connectivity index (χ1v) is 5.91. The summed E-state index contributed by atoms with van der Waals surface area (Å²) in [6, 6.07) is 1.67. The molecule has 0 aliphatic heterocycles. The van der Waals surface area contributed by atoms with Crippen LogP contribution in [0, 0.1) is 0 Å². The molecular weight excluding hydrogens is 279 g/mol. The molecule has 82 valence electrons. The first-order chi connectivity index (χ1) is 7.13. The van der Waals surface area contributed by atoms with Crippen LogP contribution in [-0.4, -0.2) is 10.9 Å². The number of halogens is 2. The van der Waals surface area contributed by atoms with Crippen molar-refractivity contribution in [2.24, 2.45) is 0 Å². The zero-order chi connectivity index (χ0) is 11.3. The smallest absolute Gasteiger partial charge is 0.224 e. The summed E-state index contributed by atoms with van der Waals surface area (Å²) in [5.74, 6) is -0.0124. The van der Waals surface area contributed by atoms with Crippen LogP contribution in [0.3, 0.4) is 0 Å². The highest BCUT2D eigenvalue weighted by Crippen LogP contribution is 2.23. The molecule has 1 N–H and O–H groups in total. The summed E-state index contributed by atoms with van der Waals surface area (Å²) >= 11 is 9.01. The third-order valence-electron chi connectivity index (χ3n) is 1.84. The maximum atomic E-state index is 11.4. The summed E-state index contributed by atoms with van der Waals surface area (Å²) in [7, 11) is 0. The van der Waals surface area contributed by atoms with Gasteiger partial charge >= 0.3 is 0 Å². The van der Waals surface area contributed by atoms with Gasteiger partial charge < -0.3 is 5.32 Å². The third-order valence-corrected chi connectivity index (χ3v) is 2.68. The number of nitrogens with zero attached hydrogens (tertiary/aromatic N) is 1. The van der Waals surface area contributed by atoms with Crippen molar-refractivity contribution < 1.29 is 4.79 Å².